The lowest BCUT2D eigenvalue weighted by Gasteiger charge is -2.36. The molecule has 4 rings (SSSR count). The van der Waals surface area contributed by atoms with Gasteiger partial charge in [-0.05, 0) is 67.9 Å². The van der Waals surface area contributed by atoms with Gasteiger partial charge in [-0.25, -0.2) is 8.42 Å². The van der Waals surface area contributed by atoms with Crippen LogP contribution in [0.3, 0.4) is 0 Å². The van der Waals surface area contributed by atoms with Crippen molar-refractivity contribution in [2.45, 2.75) is 81.4 Å². The fraction of sp³-hybridized carbons (Fsp3) is 0.690. The average Bonchev–Trinajstić information content (AvgIpc) is 3.51. The molecule has 2 saturated carbocycles. The van der Waals surface area contributed by atoms with Crippen LogP contribution in [-0.4, -0.2) is 81.4 Å². The number of nitrogens with zero attached hydrogens (tertiary/aromatic N) is 2. The first-order valence-electron chi connectivity index (χ1n) is 14.4. The molecule has 39 heavy (non-hydrogen) atoms. The van der Waals surface area contributed by atoms with Crippen LogP contribution in [0.5, 0.6) is 5.75 Å². The van der Waals surface area contributed by atoms with Crippen molar-refractivity contribution in [3.8, 4) is 5.75 Å². The van der Waals surface area contributed by atoms with E-state index >= 15 is 0 Å². The van der Waals surface area contributed by atoms with Crippen molar-refractivity contribution >= 4 is 15.9 Å². The van der Waals surface area contributed by atoms with E-state index in [1.807, 2.05) is 18.0 Å². The molecule has 0 saturated heterocycles. The van der Waals surface area contributed by atoms with Crippen molar-refractivity contribution in [1.29, 1.82) is 0 Å². The third-order valence-corrected chi connectivity index (χ3v) is 10.4. The molecule has 1 N–H and O–H groups in total. The normalized spacial score (nSPS) is 22.9. The van der Waals surface area contributed by atoms with E-state index in [-0.39, 0.29) is 49.1 Å². The van der Waals surface area contributed by atoms with Gasteiger partial charge < -0.3 is 24.2 Å². The van der Waals surface area contributed by atoms with Crippen molar-refractivity contribution in [2.75, 3.05) is 40.5 Å². The Kier molecular flexibility index (Phi) is 10.7. The minimum atomic E-state index is -3.84. The number of hydrogen-bond donors (Lipinski definition) is 1. The number of benzene rings is 1. The van der Waals surface area contributed by atoms with Crippen LogP contribution in [0.2, 0.25) is 0 Å². The van der Waals surface area contributed by atoms with Crippen molar-refractivity contribution < 1.29 is 32.5 Å². The van der Waals surface area contributed by atoms with Gasteiger partial charge in [-0.2, -0.15) is 4.31 Å². The third kappa shape index (κ3) is 7.54. The Labute approximate surface area is 233 Å². The van der Waals surface area contributed by atoms with Gasteiger partial charge in [-0.3, -0.25) is 4.79 Å². The second kappa shape index (κ2) is 14.0. The molecule has 10 heteroatoms. The van der Waals surface area contributed by atoms with Crippen LogP contribution < -0.4 is 4.74 Å². The Balaban J connectivity index is 1.41. The van der Waals surface area contributed by atoms with Crippen LogP contribution in [-0.2, 0) is 24.3 Å². The number of carbonyl (C=O) groups excluding carboxylic acids is 1. The number of carbonyl (C=O) groups is 1. The maximum atomic E-state index is 13.5. The average molecular weight is 565 g/mol. The standard InChI is InChI=1S/C29H44N2O7S/c1-30(24-10-4-3-5-11-24)29(33)27-20-23(22-8-6-7-9-22)21-28(38-27)37-19-17-31(16-18-32)39(34,35)26-14-12-25(36-2)13-15-26/h12-15,20,22-24,28,32H,3-11,16-19,21H2,1-2H3/t23-,28+/m0/s1. The van der Waals surface area contributed by atoms with Crippen LogP contribution in [0.1, 0.15) is 64.2 Å². The first-order chi connectivity index (χ1) is 18.8. The van der Waals surface area contributed by atoms with Gasteiger partial charge >= 0.3 is 0 Å². The van der Waals surface area contributed by atoms with Crippen LogP contribution >= 0.6 is 0 Å². The Morgan fingerprint density at radius 1 is 1.03 bits per heavy atom. The minimum Gasteiger partial charge on any atom is -0.497 e. The van der Waals surface area contributed by atoms with Gasteiger partial charge in [0.2, 0.25) is 16.3 Å². The summed E-state index contributed by atoms with van der Waals surface area (Å²) >= 11 is 0. The van der Waals surface area contributed by atoms with Gasteiger partial charge in [0.05, 0.1) is 25.2 Å². The van der Waals surface area contributed by atoms with Gasteiger partial charge in [0, 0.05) is 32.6 Å². The van der Waals surface area contributed by atoms with E-state index in [1.165, 1.54) is 42.8 Å². The maximum absolute atomic E-state index is 13.5. The van der Waals surface area contributed by atoms with Gasteiger partial charge in [0.1, 0.15) is 5.75 Å². The summed E-state index contributed by atoms with van der Waals surface area (Å²) in [5.41, 5.74) is 0. The zero-order valence-electron chi connectivity index (χ0n) is 23.3. The molecule has 1 amide bonds. The van der Waals surface area contributed by atoms with E-state index in [4.69, 9.17) is 14.2 Å². The number of likely N-dealkylation sites (N-methyl/N-ethyl adjacent to an activating group) is 1. The zero-order chi connectivity index (χ0) is 27.8. The number of aliphatic hydroxyl groups is 1. The quantitative estimate of drug-likeness (QED) is 0.410. The molecule has 1 aromatic carbocycles. The molecule has 1 aromatic rings. The van der Waals surface area contributed by atoms with Crippen molar-refractivity contribution in [1.82, 2.24) is 9.21 Å². The van der Waals surface area contributed by atoms with Gasteiger partial charge in [0.15, 0.2) is 5.76 Å². The summed E-state index contributed by atoms with van der Waals surface area (Å²) in [7, 11) is -0.449. The molecular weight excluding hydrogens is 520 g/mol. The first kappa shape index (κ1) is 29.8. The van der Waals surface area contributed by atoms with Gasteiger partial charge in [-0.15, -0.1) is 0 Å². The van der Waals surface area contributed by atoms with E-state index in [2.05, 4.69) is 0 Å². The molecule has 9 nitrogen and oxygen atoms in total. The van der Waals surface area contributed by atoms with Crippen molar-refractivity contribution in [3.63, 3.8) is 0 Å². The predicted octanol–water partition coefficient (Wildman–Crippen LogP) is 3.92. The fourth-order valence-electron chi connectivity index (χ4n) is 6.11. The van der Waals surface area contributed by atoms with Gasteiger partial charge in [-0.1, -0.05) is 32.1 Å². The van der Waals surface area contributed by atoms with Crippen LogP contribution in [0, 0.1) is 11.8 Å². The summed E-state index contributed by atoms with van der Waals surface area (Å²) in [6, 6.07) is 6.39. The van der Waals surface area contributed by atoms with E-state index < -0.39 is 16.3 Å². The Morgan fingerprint density at radius 2 is 1.69 bits per heavy atom. The second-order valence-corrected chi connectivity index (χ2v) is 12.8. The molecule has 0 unspecified atom stereocenters. The van der Waals surface area contributed by atoms with E-state index in [9.17, 15) is 18.3 Å². The van der Waals surface area contributed by atoms with Crippen LogP contribution in [0.4, 0.5) is 0 Å². The first-order valence-corrected chi connectivity index (χ1v) is 15.8. The lowest BCUT2D eigenvalue weighted by molar-refractivity contribution is -0.157. The number of methoxy groups -OCH3 is 1. The molecule has 1 aliphatic heterocycles. The van der Waals surface area contributed by atoms with E-state index in [1.54, 1.807) is 12.1 Å². The summed E-state index contributed by atoms with van der Waals surface area (Å²) < 4.78 is 45.0. The van der Waals surface area contributed by atoms with Crippen LogP contribution in [0.25, 0.3) is 0 Å². The highest BCUT2D eigenvalue weighted by Crippen LogP contribution is 2.38. The molecule has 0 aromatic heterocycles. The molecule has 1 heterocycles. The Bertz CT molecular complexity index is 1060. The molecule has 0 radical (unpaired) electrons. The lowest BCUT2D eigenvalue weighted by Crippen LogP contribution is -2.42. The monoisotopic (exact) mass is 564 g/mol. The SMILES string of the molecule is COc1ccc(S(=O)(=O)N(CCO)CCO[C@H]2C[C@@H](C3CCCC3)C=C(C(=O)N(C)C3CCCCC3)O2)cc1. The smallest absolute Gasteiger partial charge is 0.288 e. The fourth-order valence-corrected chi connectivity index (χ4v) is 7.52. The molecule has 3 aliphatic rings. The number of hydrogen-bond acceptors (Lipinski definition) is 7. The summed E-state index contributed by atoms with van der Waals surface area (Å²) in [6.07, 6.45) is 12.2. The summed E-state index contributed by atoms with van der Waals surface area (Å²) in [4.78, 5) is 15.4. The molecule has 0 spiro atoms. The molecule has 2 fully saturated rings. The van der Waals surface area contributed by atoms with Crippen molar-refractivity contribution in [2.24, 2.45) is 11.8 Å². The Hall–Kier alpha value is -2.14. The number of allylic oxidation sites excluding steroid dienone is 1. The van der Waals surface area contributed by atoms with Crippen molar-refractivity contribution in [3.05, 3.63) is 36.1 Å². The molecule has 0 bridgehead atoms. The topological polar surface area (TPSA) is 106 Å². The highest BCUT2D eigenvalue weighted by atomic mass is 32.2. The number of aliphatic hydroxyl groups excluding tert-OH is 1. The molecule has 2 aliphatic carbocycles. The predicted molar refractivity (Wildman–Crippen MR) is 147 cm³/mol. The molecular formula is C29H44N2O7S. The largest absolute Gasteiger partial charge is 0.497 e. The summed E-state index contributed by atoms with van der Waals surface area (Å²) in [5.74, 6) is 1.52. The highest BCUT2D eigenvalue weighted by Gasteiger charge is 2.36. The van der Waals surface area contributed by atoms with E-state index in [0.717, 1.165) is 38.5 Å². The maximum Gasteiger partial charge on any atom is 0.288 e. The molecule has 218 valence electrons. The second-order valence-electron chi connectivity index (χ2n) is 10.9. The highest BCUT2D eigenvalue weighted by molar-refractivity contribution is 7.89. The lowest BCUT2D eigenvalue weighted by atomic mass is 9.86. The third-order valence-electron chi connectivity index (χ3n) is 8.44. The summed E-state index contributed by atoms with van der Waals surface area (Å²) in [6.45, 7) is -0.229. The van der Waals surface area contributed by atoms with Gasteiger partial charge in [0.25, 0.3) is 5.91 Å². The minimum absolute atomic E-state index is 0.0518. The number of sulfonamides is 1. The van der Waals surface area contributed by atoms with Crippen LogP contribution in [0.15, 0.2) is 41.0 Å². The number of rotatable bonds is 12. The zero-order valence-corrected chi connectivity index (χ0v) is 24.1. The summed E-state index contributed by atoms with van der Waals surface area (Å²) in [5, 5.41) is 9.55. The van der Waals surface area contributed by atoms with E-state index in [0.29, 0.717) is 23.8 Å². The molecule has 2 atom stereocenters. The number of ether oxygens (including phenoxy) is 3. The Morgan fingerprint density at radius 3 is 2.33 bits per heavy atom. The number of amides is 1.